The van der Waals surface area contributed by atoms with E-state index >= 15 is 0 Å². The van der Waals surface area contributed by atoms with Crippen molar-refractivity contribution in [1.82, 2.24) is 10.6 Å². The number of thioether (sulfide) groups is 2. The van der Waals surface area contributed by atoms with Crippen molar-refractivity contribution in [3.05, 3.63) is 35.9 Å². The van der Waals surface area contributed by atoms with Gasteiger partial charge >= 0.3 is 18.3 Å². The van der Waals surface area contributed by atoms with Gasteiger partial charge in [-0.05, 0) is 59.6 Å². The molecule has 0 aromatic heterocycles. The third kappa shape index (κ3) is 17.8. The SMILES string of the molecule is CSC(=N)NC(=O)OC(C)(C)C.CSC(=NC(=O)OCc1ccccc1)NC(=O)OC(C)(C)C. The first-order chi connectivity index (χ1) is 15.6. The number of amides is 3. The highest BCUT2D eigenvalue weighted by Crippen LogP contribution is 2.08. The standard InChI is InChI=1S/C15H20N2O4S.C7H14N2O2S/c1-15(2,3)21-14(19)17-12(22-4)16-13(18)20-10-11-8-6-5-7-9-11;1-7(2,3)11-6(10)9-5(8)12-4/h5-9H,10H2,1-4H3,(H,16,17,18,19);1-4H3,(H2,8,9,10). The summed E-state index contributed by atoms with van der Waals surface area (Å²) >= 11 is 2.26. The summed E-state index contributed by atoms with van der Waals surface area (Å²) in [5.74, 6) is 0. The fourth-order valence-corrected chi connectivity index (χ4v) is 2.33. The van der Waals surface area contributed by atoms with E-state index in [2.05, 4.69) is 15.6 Å². The van der Waals surface area contributed by atoms with E-state index in [1.165, 1.54) is 0 Å². The highest BCUT2D eigenvalue weighted by atomic mass is 32.2. The maximum Gasteiger partial charge on any atom is 0.436 e. The topological polar surface area (TPSA) is 139 Å². The lowest BCUT2D eigenvalue weighted by molar-refractivity contribution is 0.0552. The van der Waals surface area contributed by atoms with E-state index in [1.807, 2.05) is 30.3 Å². The van der Waals surface area contributed by atoms with E-state index in [4.69, 9.17) is 19.6 Å². The Balaban J connectivity index is 0.000000770. The molecular weight excluding hydrogens is 480 g/mol. The molecule has 0 unspecified atom stereocenters. The first-order valence-electron chi connectivity index (χ1n) is 10.1. The van der Waals surface area contributed by atoms with Crippen LogP contribution in [-0.4, -0.2) is 52.3 Å². The zero-order chi connectivity index (χ0) is 26.4. The number of alkyl carbamates (subject to hydrolysis) is 2. The van der Waals surface area contributed by atoms with Crippen molar-refractivity contribution in [1.29, 1.82) is 5.41 Å². The molecule has 0 aliphatic rings. The number of amidine groups is 2. The molecule has 3 amide bonds. The number of rotatable bonds is 2. The summed E-state index contributed by atoms with van der Waals surface area (Å²) in [6, 6.07) is 9.25. The normalized spacial score (nSPS) is 11.4. The Morgan fingerprint density at radius 3 is 1.82 bits per heavy atom. The molecule has 0 atom stereocenters. The summed E-state index contributed by atoms with van der Waals surface area (Å²) < 4.78 is 15.0. The smallest absolute Gasteiger partial charge is 0.436 e. The summed E-state index contributed by atoms with van der Waals surface area (Å²) in [6.45, 7) is 10.7. The molecule has 0 heterocycles. The predicted octanol–water partition coefficient (Wildman–Crippen LogP) is 5.38. The molecule has 0 radical (unpaired) electrons. The van der Waals surface area contributed by atoms with Gasteiger partial charge in [-0.3, -0.25) is 16.0 Å². The average molecular weight is 515 g/mol. The summed E-state index contributed by atoms with van der Waals surface area (Å²) in [5, 5.41) is 12.0. The summed E-state index contributed by atoms with van der Waals surface area (Å²) in [5.41, 5.74) is -0.277. The molecule has 10 nitrogen and oxygen atoms in total. The Bertz CT molecular complexity index is 849. The first kappa shape index (κ1) is 31.3. The van der Waals surface area contributed by atoms with Crippen LogP contribution in [0.5, 0.6) is 0 Å². The van der Waals surface area contributed by atoms with Crippen LogP contribution in [-0.2, 0) is 20.8 Å². The van der Waals surface area contributed by atoms with Crippen molar-refractivity contribution >= 4 is 52.1 Å². The van der Waals surface area contributed by atoms with Crippen LogP contribution in [0.3, 0.4) is 0 Å². The Kier molecular flexibility index (Phi) is 14.0. The van der Waals surface area contributed by atoms with Crippen LogP contribution in [0.2, 0.25) is 0 Å². The molecule has 190 valence electrons. The molecule has 0 aliphatic heterocycles. The van der Waals surface area contributed by atoms with E-state index in [9.17, 15) is 14.4 Å². The highest BCUT2D eigenvalue weighted by molar-refractivity contribution is 8.13. The lowest BCUT2D eigenvalue weighted by Gasteiger charge is -2.19. The molecule has 1 aromatic rings. The van der Waals surface area contributed by atoms with Crippen LogP contribution in [0.15, 0.2) is 35.3 Å². The van der Waals surface area contributed by atoms with Crippen molar-refractivity contribution in [2.24, 2.45) is 4.99 Å². The van der Waals surface area contributed by atoms with Gasteiger partial charge < -0.3 is 14.2 Å². The molecule has 0 spiro atoms. The maximum absolute atomic E-state index is 11.6. The zero-order valence-electron chi connectivity index (χ0n) is 20.8. The summed E-state index contributed by atoms with van der Waals surface area (Å²) in [7, 11) is 0. The van der Waals surface area contributed by atoms with Crippen molar-refractivity contribution in [3.8, 4) is 0 Å². The second kappa shape index (κ2) is 15.2. The Morgan fingerprint density at radius 1 is 0.882 bits per heavy atom. The van der Waals surface area contributed by atoms with Gasteiger partial charge in [-0.25, -0.2) is 14.4 Å². The molecule has 0 aliphatic carbocycles. The summed E-state index contributed by atoms with van der Waals surface area (Å²) in [6.07, 6.45) is 1.36. The van der Waals surface area contributed by atoms with Crippen molar-refractivity contribution < 1.29 is 28.6 Å². The molecular formula is C22H34N4O6S2. The third-order valence-electron chi connectivity index (χ3n) is 3.02. The number of aliphatic imine (C=N–C) groups is 1. The number of hydrogen-bond acceptors (Lipinski definition) is 9. The van der Waals surface area contributed by atoms with Crippen LogP contribution < -0.4 is 10.6 Å². The number of carbonyl (C=O) groups excluding carboxylic acids is 3. The van der Waals surface area contributed by atoms with E-state index < -0.39 is 29.5 Å². The largest absolute Gasteiger partial charge is 0.444 e. The van der Waals surface area contributed by atoms with E-state index in [1.54, 1.807) is 54.1 Å². The lowest BCUT2D eigenvalue weighted by Crippen LogP contribution is -2.35. The molecule has 0 saturated heterocycles. The number of ether oxygens (including phenoxy) is 3. The summed E-state index contributed by atoms with van der Waals surface area (Å²) in [4.78, 5) is 37.9. The minimum atomic E-state index is -0.774. The maximum atomic E-state index is 11.6. The number of benzene rings is 1. The van der Waals surface area contributed by atoms with E-state index in [0.29, 0.717) is 0 Å². The first-order valence-corrected chi connectivity index (χ1v) is 12.6. The average Bonchev–Trinajstić information content (AvgIpc) is 2.70. The van der Waals surface area contributed by atoms with Crippen LogP contribution in [0.4, 0.5) is 14.4 Å². The lowest BCUT2D eigenvalue weighted by atomic mass is 10.2. The van der Waals surface area contributed by atoms with Gasteiger partial charge in [0.1, 0.15) is 17.8 Å². The quantitative estimate of drug-likeness (QED) is 0.272. The van der Waals surface area contributed by atoms with Crippen molar-refractivity contribution in [3.63, 3.8) is 0 Å². The Labute approximate surface area is 209 Å². The van der Waals surface area contributed by atoms with Crippen molar-refractivity contribution in [2.75, 3.05) is 12.5 Å². The molecule has 1 rings (SSSR count). The minimum Gasteiger partial charge on any atom is -0.444 e. The van der Waals surface area contributed by atoms with Crippen molar-refractivity contribution in [2.45, 2.75) is 59.4 Å². The molecule has 0 saturated carbocycles. The number of carbonyl (C=O) groups is 3. The molecule has 0 fully saturated rings. The third-order valence-corrected chi connectivity index (χ3v) is 4.11. The molecule has 34 heavy (non-hydrogen) atoms. The van der Waals surface area contributed by atoms with Crippen LogP contribution in [0, 0.1) is 5.41 Å². The Morgan fingerprint density at radius 2 is 1.38 bits per heavy atom. The molecule has 3 N–H and O–H groups in total. The number of nitrogens with one attached hydrogen (secondary N) is 3. The predicted molar refractivity (Wildman–Crippen MR) is 138 cm³/mol. The fourth-order valence-electron chi connectivity index (χ4n) is 1.80. The van der Waals surface area contributed by atoms with Gasteiger partial charge in [0.05, 0.1) is 0 Å². The van der Waals surface area contributed by atoms with E-state index in [0.717, 1.165) is 29.1 Å². The molecule has 12 heteroatoms. The van der Waals surface area contributed by atoms with Gasteiger partial charge in [0.2, 0.25) is 0 Å². The zero-order valence-corrected chi connectivity index (χ0v) is 22.4. The monoisotopic (exact) mass is 514 g/mol. The van der Waals surface area contributed by atoms with Crippen LogP contribution >= 0.6 is 23.5 Å². The number of nitrogens with zero attached hydrogens (tertiary/aromatic N) is 1. The van der Waals surface area contributed by atoms with Gasteiger partial charge in [-0.15, -0.1) is 0 Å². The second-order valence-corrected chi connectivity index (χ2v) is 10.1. The van der Waals surface area contributed by atoms with Gasteiger partial charge in [0.15, 0.2) is 10.3 Å². The highest BCUT2D eigenvalue weighted by Gasteiger charge is 2.18. The van der Waals surface area contributed by atoms with Crippen LogP contribution in [0.25, 0.3) is 0 Å². The number of hydrogen-bond donors (Lipinski definition) is 3. The Hall–Kier alpha value is -2.73. The molecule has 1 aromatic carbocycles. The van der Waals surface area contributed by atoms with Gasteiger partial charge in [0, 0.05) is 0 Å². The van der Waals surface area contributed by atoms with E-state index in [-0.39, 0.29) is 16.9 Å². The van der Waals surface area contributed by atoms with Gasteiger partial charge in [-0.1, -0.05) is 53.9 Å². The van der Waals surface area contributed by atoms with Gasteiger partial charge in [-0.2, -0.15) is 4.99 Å². The molecule has 0 bridgehead atoms. The minimum absolute atomic E-state index is 0.0873. The second-order valence-electron chi connectivity index (χ2n) is 8.45. The van der Waals surface area contributed by atoms with Gasteiger partial charge in [0.25, 0.3) is 0 Å². The van der Waals surface area contributed by atoms with Crippen LogP contribution in [0.1, 0.15) is 47.1 Å². The fraction of sp³-hybridized carbons (Fsp3) is 0.500.